The molecule has 0 spiro atoms. The number of nitrogens with zero attached hydrogens (tertiary/aromatic N) is 1. The standard InChI is InChI=1S/C16H16BrFN2O2/c1-10-7-8-12(15(17)20-10)16(21)19-9-11(2)22-14-6-4-3-5-13(14)18/h3-8,11H,9H2,1-2H3,(H,19,21). The van der Waals surface area contributed by atoms with Gasteiger partial charge >= 0.3 is 0 Å². The number of pyridine rings is 1. The summed E-state index contributed by atoms with van der Waals surface area (Å²) in [5.41, 5.74) is 1.27. The molecule has 0 bridgehead atoms. The van der Waals surface area contributed by atoms with Crippen LogP contribution in [-0.2, 0) is 0 Å². The lowest BCUT2D eigenvalue weighted by Crippen LogP contribution is -2.34. The maximum absolute atomic E-state index is 13.5. The zero-order chi connectivity index (χ0) is 16.1. The number of halogens is 2. The first-order valence-electron chi connectivity index (χ1n) is 6.80. The summed E-state index contributed by atoms with van der Waals surface area (Å²) in [4.78, 5) is 16.3. The number of para-hydroxylation sites is 1. The number of carbonyl (C=O) groups excluding carboxylic acids is 1. The number of amides is 1. The van der Waals surface area contributed by atoms with Crippen molar-refractivity contribution in [2.75, 3.05) is 6.54 Å². The molecule has 1 atom stereocenters. The monoisotopic (exact) mass is 366 g/mol. The van der Waals surface area contributed by atoms with Gasteiger partial charge in [0.1, 0.15) is 10.7 Å². The highest BCUT2D eigenvalue weighted by atomic mass is 79.9. The fourth-order valence-corrected chi connectivity index (χ4v) is 2.42. The summed E-state index contributed by atoms with van der Waals surface area (Å²) in [7, 11) is 0. The van der Waals surface area contributed by atoms with Gasteiger partial charge in [-0.2, -0.15) is 0 Å². The Morgan fingerprint density at radius 3 is 2.77 bits per heavy atom. The van der Waals surface area contributed by atoms with Gasteiger partial charge in [0.2, 0.25) is 0 Å². The third kappa shape index (κ3) is 4.27. The van der Waals surface area contributed by atoms with Gasteiger partial charge in [-0.25, -0.2) is 9.37 Å². The zero-order valence-corrected chi connectivity index (χ0v) is 13.9. The first-order chi connectivity index (χ1) is 10.5. The molecular weight excluding hydrogens is 351 g/mol. The smallest absolute Gasteiger partial charge is 0.254 e. The van der Waals surface area contributed by atoms with Crippen molar-refractivity contribution >= 4 is 21.8 Å². The van der Waals surface area contributed by atoms with Gasteiger partial charge in [0.15, 0.2) is 11.6 Å². The number of aromatic nitrogens is 1. The van der Waals surface area contributed by atoms with E-state index in [1.165, 1.54) is 6.07 Å². The summed E-state index contributed by atoms with van der Waals surface area (Å²) in [6.45, 7) is 3.86. The number of ether oxygens (including phenoxy) is 1. The first kappa shape index (κ1) is 16.4. The maximum atomic E-state index is 13.5. The van der Waals surface area contributed by atoms with E-state index in [1.807, 2.05) is 6.92 Å². The lowest BCUT2D eigenvalue weighted by atomic mass is 10.2. The van der Waals surface area contributed by atoms with Crippen molar-refractivity contribution in [3.63, 3.8) is 0 Å². The van der Waals surface area contributed by atoms with E-state index in [0.717, 1.165) is 5.69 Å². The minimum absolute atomic E-state index is 0.169. The van der Waals surface area contributed by atoms with Crippen LogP contribution in [0.25, 0.3) is 0 Å². The Labute approximate surface area is 136 Å². The van der Waals surface area contributed by atoms with Crippen LogP contribution in [0.3, 0.4) is 0 Å². The Kier molecular flexibility index (Phi) is 5.49. The van der Waals surface area contributed by atoms with E-state index >= 15 is 0 Å². The van der Waals surface area contributed by atoms with E-state index in [-0.39, 0.29) is 24.3 Å². The Morgan fingerprint density at radius 2 is 2.09 bits per heavy atom. The van der Waals surface area contributed by atoms with Crippen molar-refractivity contribution in [3.8, 4) is 5.75 Å². The fraction of sp³-hybridized carbons (Fsp3) is 0.250. The van der Waals surface area contributed by atoms with Gasteiger partial charge in [-0.1, -0.05) is 12.1 Å². The fourth-order valence-electron chi connectivity index (χ4n) is 1.82. The predicted octanol–water partition coefficient (Wildman–Crippen LogP) is 3.49. The molecule has 0 aliphatic heterocycles. The van der Waals surface area contributed by atoms with Crippen LogP contribution in [0, 0.1) is 12.7 Å². The number of benzene rings is 1. The van der Waals surface area contributed by atoms with Crippen LogP contribution in [0.15, 0.2) is 41.0 Å². The quantitative estimate of drug-likeness (QED) is 0.824. The van der Waals surface area contributed by atoms with Crippen LogP contribution in [0.4, 0.5) is 4.39 Å². The van der Waals surface area contributed by atoms with E-state index in [0.29, 0.717) is 10.2 Å². The van der Waals surface area contributed by atoms with Gasteiger partial charge in [0, 0.05) is 5.69 Å². The Bertz CT molecular complexity index is 679. The molecule has 1 amide bonds. The van der Waals surface area contributed by atoms with E-state index in [9.17, 15) is 9.18 Å². The van der Waals surface area contributed by atoms with Crippen molar-refractivity contribution in [1.29, 1.82) is 0 Å². The number of rotatable bonds is 5. The minimum Gasteiger partial charge on any atom is -0.486 e. The molecule has 0 saturated carbocycles. The summed E-state index contributed by atoms with van der Waals surface area (Å²) in [6, 6.07) is 9.63. The average molecular weight is 367 g/mol. The molecule has 0 radical (unpaired) electrons. The highest BCUT2D eigenvalue weighted by molar-refractivity contribution is 9.10. The molecule has 0 aliphatic carbocycles. The molecule has 4 nitrogen and oxygen atoms in total. The van der Waals surface area contributed by atoms with E-state index < -0.39 is 5.82 Å². The van der Waals surface area contributed by atoms with E-state index in [2.05, 4.69) is 26.2 Å². The highest BCUT2D eigenvalue weighted by Crippen LogP contribution is 2.17. The molecular formula is C16H16BrFN2O2. The third-order valence-electron chi connectivity index (χ3n) is 2.95. The second-order valence-electron chi connectivity index (χ2n) is 4.86. The van der Waals surface area contributed by atoms with Crippen LogP contribution >= 0.6 is 15.9 Å². The molecule has 1 heterocycles. The second-order valence-corrected chi connectivity index (χ2v) is 5.61. The molecule has 1 unspecified atom stereocenters. The molecule has 1 N–H and O–H groups in total. The first-order valence-corrected chi connectivity index (χ1v) is 7.59. The summed E-state index contributed by atoms with van der Waals surface area (Å²) < 4.78 is 19.4. The predicted molar refractivity (Wildman–Crippen MR) is 85.5 cm³/mol. The number of hydrogen-bond acceptors (Lipinski definition) is 3. The van der Waals surface area contributed by atoms with E-state index in [4.69, 9.17) is 4.74 Å². The molecule has 0 fully saturated rings. The largest absolute Gasteiger partial charge is 0.486 e. The van der Waals surface area contributed by atoms with Gasteiger partial charge in [0.05, 0.1) is 12.1 Å². The molecule has 1 aromatic heterocycles. The Morgan fingerprint density at radius 1 is 1.36 bits per heavy atom. The van der Waals surface area contributed by atoms with Crippen LogP contribution in [-0.4, -0.2) is 23.5 Å². The van der Waals surface area contributed by atoms with Crippen LogP contribution in [0.1, 0.15) is 23.0 Å². The van der Waals surface area contributed by atoms with Crippen LogP contribution in [0.2, 0.25) is 0 Å². The van der Waals surface area contributed by atoms with Gasteiger partial charge < -0.3 is 10.1 Å². The Hall–Kier alpha value is -1.95. The Balaban J connectivity index is 1.92. The second kappa shape index (κ2) is 7.35. The summed E-state index contributed by atoms with van der Waals surface area (Å²) in [5.74, 6) is -0.517. The molecule has 6 heteroatoms. The molecule has 0 saturated heterocycles. The maximum Gasteiger partial charge on any atom is 0.254 e. The van der Waals surface area contributed by atoms with Crippen molar-refractivity contribution in [1.82, 2.24) is 10.3 Å². The van der Waals surface area contributed by atoms with E-state index in [1.54, 1.807) is 37.3 Å². The number of nitrogens with one attached hydrogen (secondary N) is 1. The van der Waals surface area contributed by atoms with Crippen molar-refractivity contribution in [2.45, 2.75) is 20.0 Å². The van der Waals surface area contributed by atoms with Crippen LogP contribution < -0.4 is 10.1 Å². The van der Waals surface area contributed by atoms with Gasteiger partial charge in [-0.15, -0.1) is 0 Å². The lowest BCUT2D eigenvalue weighted by molar-refractivity contribution is 0.0930. The normalized spacial score (nSPS) is 11.8. The summed E-state index contributed by atoms with van der Waals surface area (Å²) in [5, 5.41) is 2.74. The lowest BCUT2D eigenvalue weighted by Gasteiger charge is -2.16. The number of hydrogen-bond donors (Lipinski definition) is 1. The van der Waals surface area contributed by atoms with Crippen molar-refractivity contribution in [2.24, 2.45) is 0 Å². The molecule has 116 valence electrons. The van der Waals surface area contributed by atoms with Crippen molar-refractivity contribution < 1.29 is 13.9 Å². The molecule has 1 aromatic carbocycles. The zero-order valence-electron chi connectivity index (χ0n) is 12.3. The molecule has 2 rings (SSSR count). The van der Waals surface area contributed by atoms with Crippen LogP contribution in [0.5, 0.6) is 5.75 Å². The van der Waals surface area contributed by atoms with Gasteiger partial charge in [0.25, 0.3) is 5.91 Å². The summed E-state index contributed by atoms with van der Waals surface area (Å²) >= 11 is 3.27. The molecule has 22 heavy (non-hydrogen) atoms. The van der Waals surface area contributed by atoms with Gasteiger partial charge in [-0.05, 0) is 54.0 Å². The highest BCUT2D eigenvalue weighted by Gasteiger charge is 2.13. The molecule has 2 aromatic rings. The summed E-state index contributed by atoms with van der Waals surface area (Å²) in [6.07, 6.45) is -0.363. The van der Waals surface area contributed by atoms with Crippen molar-refractivity contribution in [3.05, 3.63) is 58.1 Å². The van der Waals surface area contributed by atoms with Gasteiger partial charge in [-0.3, -0.25) is 4.79 Å². The number of aryl methyl sites for hydroxylation is 1. The SMILES string of the molecule is Cc1ccc(C(=O)NCC(C)Oc2ccccc2F)c(Br)n1. The third-order valence-corrected chi connectivity index (χ3v) is 3.55. The minimum atomic E-state index is -0.425. The topological polar surface area (TPSA) is 51.2 Å². The number of carbonyl (C=O) groups is 1. The average Bonchev–Trinajstić information content (AvgIpc) is 2.47. The molecule has 0 aliphatic rings.